The van der Waals surface area contributed by atoms with E-state index in [0.717, 1.165) is 16.2 Å². The Kier molecular flexibility index (Phi) is 5.57. The van der Waals surface area contributed by atoms with Gasteiger partial charge in [0.15, 0.2) is 0 Å². The predicted octanol–water partition coefficient (Wildman–Crippen LogP) is 1.79. The third kappa shape index (κ3) is 4.34. The van der Waals surface area contributed by atoms with Gasteiger partial charge in [-0.05, 0) is 29.7 Å². The van der Waals surface area contributed by atoms with Crippen molar-refractivity contribution in [2.24, 2.45) is 5.92 Å². The Morgan fingerprint density at radius 2 is 1.92 bits per heavy atom. The molecule has 24 heavy (non-hydrogen) atoms. The van der Waals surface area contributed by atoms with Gasteiger partial charge in [0.2, 0.25) is 0 Å². The molecular formula is C17H20N2O5. The normalized spacial score (nSPS) is 15.8. The van der Waals surface area contributed by atoms with Gasteiger partial charge in [0.05, 0.1) is 13.7 Å². The molecule has 1 N–H and O–H groups in total. The van der Waals surface area contributed by atoms with E-state index in [1.165, 1.54) is 7.11 Å². The first-order valence-electron chi connectivity index (χ1n) is 7.55. The third-order valence-corrected chi connectivity index (χ3v) is 3.25. The fourth-order valence-corrected chi connectivity index (χ4v) is 2.00. The van der Waals surface area contributed by atoms with E-state index in [9.17, 15) is 14.4 Å². The molecule has 0 bridgehead atoms. The van der Waals surface area contributed by atoms with Crippen LogP contribution in [0.15, 0.2) is 30.0 Å². The summed E-state index contributed by atoms with van der Waals surface area (Å²) in [6.07, 6.45) is 1.55. The van der Waals surface area contributed by atoms with E-state index in [-0.39, 0.29) is 5.70 Å². The third-order valence-electron chi connectivity index (χ3n) is 3.25. The second-order valence-electron chi connectivity index (χ2n) is 5.73. The molecular weight excluding hydrogens is 312 g/mol. The average Bonchev–Trinajstić information content (AvgIpc) is 2.81. The van der Waals surface area contributed by atoms with Crippen molar-refractivity contribution in [2.45, 2.75) is 13.8 Å². The predicted molar refractivity (Wildman–Crippen MR) is 87.0 cm³/mol. The van der Waals surface area contributed by atoms with Crippen LogP contribution in [0.2, 0.25) is 0 Å². The van der Waals surface area contributed by atoms with Crippen LogP contribution in [0, 0.1) is 5.92 Å². The topological polar surface area (TPSA) is 84.9 Å². The molecule has 0 spiro atoms. The van der Waals surface area contributed by atoms with Crippen LogP contribution in [0.25, 0.3) is 6.08 Å². The maximum Gasteiger partial charge on any atom is 0.329 e. The first kappa shape index (κ1) is 17.5. The molecule has 1 fully saturated rings. The Balaban J connectivity index is 2.07. The van der Waals surface area contributed by atoms with Gasteiger partial charge < -0.3 is 14.8 Å². The zero-order valence-electron chi connectivity index (χ0n) is 13.9. The van der Waals surface area contributed by atoms with Crippen molar-refractivity contribution >= 4 is 24.0 Å². The highest BCUT2D eigenvalue weighted by atomic mass is 16.5. The van der Waals surface area contributed by atoms with Crippen LogP contribution in [-0.4, -0.2) is 43.1 Å². The number of rotatable bonds is 6. The van der Waals surface area contributed by atoms with Gasteiger partial charge in [0.1, 0.15) is 18.0 Å². The van der Waals surface area contributed by atoms with Gasteiger partial charge in [0.25, 0.3) is 5.91 Å². The number of ether oxygens (including phenoxy) is 2. The molecule has 1 aromatic carbocycles. The molecule has 3 amide bonds. The number of nitrogens with one attached hydrogen (secondary N) is 1. The molecule has 2 rings (SSSR count). The second-order valence-corrected chi connectivity index (χ2v) is 5.73. The summed E-state index contributed by atoms with van der Waals surface area (Å²) in [6, 6.07) is 6.51. The van der Waals surface area contributed by atoms with E-state index >= 15 is 0 Å². The summed E-state index contributed by atoms with van der Waals surface area (Å²) in [4.78, 5) is 36.0. The summed E-state index contributed by atoms with van der Waals surface area (Å²) >= 11 is 0. The molecule has 1 aliphatic heterocycles. The lowest BCUT2D eigenvalue weighted by Crippen LogP contribution is -2.36. The number of methoxy groups -OCH3 is 1. The van der Waals surface area contributed by atoms with Gasteiger partial charge in [0, 0.05) is 0 Å². The lowest BCUT2D eigenvalue weighted by molar-refractivity contribution is -0.143. The number of carbonyl (C=O) groups excluding carboxylic acids is 3. The number of urea groups is 1. The lowest BCUT2D eigenvalue weighted by atomic mass is 10.2. The van der Waals surface area contributed by atoms with Gasteiger partial charge >= 0.3 is 12.0 Å². The Morgan fingerprint density at radius 3 is 2.50 bits per heavy atom. The van der Waals surface area contributed by atoms with Crippen LogP contribution in [0.5, 0.6) is 5.75 Å². The molecule has 0 radical (unpaired) electrons. The quantitative estimate of drug-likeness (QED) is 0.488. The Bertz CT molecular complexity index is 664. The van der Waals surface area contributed by atoms with Crippen molar-refractivity contribution < 1.29 is 23.9 Å². The Morgan fingerprint density at radius 1 is 1.25 bits per heavy atom. The zero-order valence-corrected chi connectivity index (χ0v) is 13.9. The number of hydrogen-bond donors (Lipinski definition) is 1. The number of imide groups is 1. The lowest BCUT2D eigenvalue weighted by Gasteiger charge is -2.09. The standard InChI is InChI=1S/C17H20N2O5/c1-11(2)10-24-13-6-4-12(5-7-13)8-14-16(21)19(17(22)18-14)9-15(20)23-3/h4-8,11H,9-10H2,1-3H3,(H,18,22)/b14-8+. The number of hydrogen-bond acceptors (Lipinski definition) is 5. The van der Waals surface area contributed by atoms with Crippen LogP contribution < -0.4 is 10.1 Å². The maximum atomic E-state index is 12.2. The van der Waals surface area contributed by atoms with Crippen LogP contribution in [0.1, 0.15) is 19.4 Å². The van der Waals surface area contributed by atoms with Crippen LogP contribution in [-0.2, 0) is 14.3 Å². The summed E-state index contributed by atoms with van der Waals surface area (Å²) in [5.41, 5.74) is 0.843. The van der Waals surface area contributed by atoms with Crippen molar-refractivity contribution in [3.8, 4) is 5.75 Å². The molecule has 1 heterocycles. The van der Waals surface area contributed by atoms with Crippen molar-refractivity contribution in [3.63, 3.8) is 0 Å². The first-order chi connectivity index (χ1) is 11.4. The van der Waals surface area contributed by atoms with Crippen LogP contribution >= 0.6 is 0 Å². The smallest absolute Gasteiger partial charge is 0.329 e. The van der Waals surface area contributed by atoms with Crippen molar-refractivity contribution in [2.75, 3.05) is 20.3 Å². The minimum atomic E-state index is -0.661. The molecule has 0 unspecified atom stereocenters. The van der Waals surface area contributed by atoms with Crippen LogP contribution in [0.4, 0.5) is 4.79 Å². The van der Waals surface area contributed by atoms with Gasteiger partial charge in [-0.3, -0.25) is 9.59 Å². The van der Waals surface area contributed by atoms with Gasteiger partial charge in [-0.1, -0.05) is 26.0 Å². The van der Waals surface area contributed by atoms with Crippen molar-refractivity contribution in [1.82, 2.24) is 10.2 Å². The molecule has 1 aromatic rings. The SMILES string of the molecule is COC(=O)CN1C(=O)N/C(=C/c2ccc(OCC(C)C)cc2)C1=O. The van der Waals surface area contributed by atoms with E-state index < -0.39 is 24.5 Å². The fraction of sp³-hybridized carbons (Fsp3) is 0.353. The largest absolute Gasteiger partial charge is 0.493 e. The summed E-state index contributed by atoms with van der Waals surface area (Å²) in [7, 11) is 1.19. The van der Waals surface area contributed by atoms with Crippen LogP contribution in [0.3, 0.4) is 0 Å². The van der Waals surface area contributed by atoms with E-state index in [4.69, 9.17) is 4.74 Å². The summed E-state index contributed by atoms with van der Waals surface area (Å²) in [5.74, 6) is -0.0594. The molecule has 7 nitrogen and oxygen atoms in total. The summed E-state index contributed by atoms with van der Waals surface area (Å²) in [5, 5.41) is 2.45. The molecule has 0 atom stereocenters. The zero-order chi connectivity index (χ0) is 17.7. The fourth-order valence-electron chi connectivity index (χ4n) is 2.00. The highest BCUT2D eigenvalue weighted by Gasteiger charge is 2.35. The van der Waals surface area contributed by atoms with Gasteiger partial charge in [-0.15, -0.1) is 0 Å². The van der Waals surface area contributed by atoms with E-state index in [1.54, 1.807) is 30.3 Å². The molecule has 0 aliphatic carbocycles. The average molecular weight is 332 g/mol. The van der Waals surface area contributed by atoms with Crippen molar-refractivity contribution in [1.29, 1.82) is 0 Å². The Hall–Kier alpha value is -2.83. The monoisotopic (exact) mass is 332 g/mol. The van der Waals surface area contributed by atoms with E-state index in [0.29, 0.717) is 12.5 Å². The van der Waals surface area contributed by atoms with E-state index in [2.05, 4.69) is 23.9 Å². The maximum absolute atomic E-state index is 12.2. The molecule has 1 aliphatic rings. The number of nitrogens with zero attached hydrogens (tertiary/aromatic N) is 1. The molecule has 128 valence electrons. The van der Waals surface area contributed by atoms with E-state index in [1.807, 2.05) is 0 Å². The summed E-state index contributed by atoms with van der Waals surface area (Å²) < 4.78 is 10.1. The second kappa shape index (κ2) is 7.63. The molecule has 0 aromatic heterocycles. The number of carbonyl (C=O) groups is 3. The molecule has 0 saturated carbocycles. The number of esters is 1. The number of benzene rings is 1. The van der Waals surface area contributed by atoms with Crippen molar-refractivity contribution in [3.05, 3.63) is 35.5 Å². The minimum absolute atomic E-state index is 0.111. The van der Waals surface area contributed by atoms with Gasteiger partial charge in [-0.2, -0.15) is 0 Å². The number of amides is 3. The molecule has 7 heteroatoms. The van der Waals surface area contributed by atoms with Gasteiger partial charge in [-0.25, -0.2) is 9.69 Å². The highest BCUT2D eigenvalue weighted by molar-refractivity contribution is 6.15. The first-order valence-corrected chi connectivity index (χ1v) is 7.55. The minimum Gasteiger partial charge on any atom is -0.493 e. The summed E-state index contributed by atoms with van der Waals surface area (Å²) in [6.45, 7) is 4.33. The Labute approximate surface area is 140 Å². The highest BCUT2D eigenvalue weighted by Crippen LogP contribution is 2.17. The molecule has 1 saturated heterocycles.